The van der Waals surface area contributed by atoms with Gasteiger partial charge in [0.15, 0.2) is 11.5 Å². The molecule has 5 heteroatoms. The lowest BCUT2D eigenvalue weighted by atomic mass is 10.1. The molecule has 1 aliphatic heterocycles. The normalized spacial score (nSPS) is 17.2. The van der Waals surface area contributed by atoms with Gasteiger partial charge in [-0.25, -0.2) is 4.39 Å². The van der Waals surface area contributed by atoms with Gasteiger partial charge in [0, 0.05) is 31.9 Å². The third-order valence-corrected chi connectivity index (χ3v) is 4.48. The standard InChI is InChI=1S/C19H23FN2O2/c1-24-19-7-2-14(10-18(19)23)11-21-12-15-8-9-22(13-15)17-5-3-16(20)4-6-17/h2-7,10,15,21,23H,8-9,11-13H2,1H3/t15-/m1/s1. The van der Waals surface area contributed by atoms with Gasteiger partial charge < -0.3 is 20.1 Å². The van der Waals surface area contributed by atoms with Crippen LogP contribution in [-0.4, -0.2) is 31.9 Å². The molecule has 1 saturated heterocycles. The van der Waals surface area contributed by atoms with Gasteiger partial charge in [0.1, 0.15) is 5.82 Å². The summed E-state index contributed by atoms with van der Waals surface area (Å²) in [6, 6.07) is 12.2. The number of halogens is 1. The number of rotatable bonds is 6. The van der Waals surface area contributed by atoms with Crippen molar-refractivity contribution in [3.05, 3.63) is 53.8 Å². The first-order valence-corrected chi connectivity index (χ1v) is 8.23. The van der Waals surface area contributed by atoms with Crippen LogP contribution in [0.25, 0.3) is 0 Å². The van der Waals surface area contributed by atoms with Crippen molar-refractivity contribution in [1.29, 1.82) is 0 Å². The highest BCUT2D eigenvalue weighted by molar-refractivity contribution is 5.47. The minimum atomic E-state index is -0.195. The lowest BCUT2D eigenvalue weighted by molar-refractivity contribution is 0.373. The summed E-state index contributed by atoms with van der Waals surface area (Å²) in [5.74, 6) is 1.03. The van der Waals surface area contributed by atoms with Gasteiger partial charge in [-0.15, -0.1) is 0 Å². The van der Waals surface area contributed by atoms with Crippen molar-refractivity contribution in [2.24, 2.45) is 5.92 Å². The van der Waals surface area contributed by atoms with Crippen LogP contribution < -0.4 is 15.0 Å². The van der Waals surface area contributed by atoms with Crippen molar-refractivity contribution in [3.8, 4) is 11.5 Å². The van der Waals surface area contributed by atoms with Crippen LogP contribution in [0.4, 0.5) is 10.1 Å². The van der Waals surface area contributed by atoms with Gasteiger partial charge >= 0.3 is 0 Å². The Labute approximate surface area is 141 Å². The molecule has 0 aromatic heterocycles. The topological polar surface area (TPSA) is 44.7 Å². The van der Waals surface area contributed by atoms with E-state index in [-0.39, 0.29) is 11.6 Å². The fraction of sp³-hybridized carbons (Fsp3) is 0.368. The number of ether oxygens (including phenoxy) is 1. The number of phenols is 1. The van der Waals surface area contributed by atoms with Crippen LogP contribution in [0, 0.1) is 11.7 Å². The van der Waals surface area contributed by atoms with Gasteiger partial charge in [0.25, 0.3) is 0 Å². The molecule has 0 bridgehead atoms. The van der Waals surface area contributed by atoms with E-state index in [0.717, 1.165) is 37.3 Å². The summed E-state index contributed by atoms with van der Waals surface area (Å²) < 4.78 is 18.0. The van der Waals surface area contributed by atoms with Gasteiger partial charge in [-0.1, -0.05) is 6.07 Å². The van der Waals surface area contributed by atoms with Crippen LogP contribution >= 0.6 is 0 Å². The summed E-state index contributed by atoms with van der Waals surface area (Å²) in [5.41, 5.74) is 2.11. The van der Waals surface area contributed by atoms with Crippen LogP contribution in [0.1, 0.15) is 12.0 Å². The molecule has 1 fully saturated rings. The molecule has 128 valence electrons. The predicted octanol–water partition coefficient (Wildman–Crippen LogP) is 3.16. The van der Waals surface area contributed by atoms with E-state index in [2.05, 4.69) is 10.2 Å². The van der Waals surface area contributed by atoms with Gasteiger partial charge in [-0.2, -0.15) is 0 Å². The summed E-state index contributed by atoms with van der Waals surface area (Å²) in [7, 11) is 1.54. The van der Waals surface area contributed by atoms with E-state index in [9.17, 15) is 9.50 Å². The fourth-order valence-electron chi connectivity index (χ4n) is 3.15. The zero-order valence-corrected chi connectivity index (χ0v) is 13.8. The number of anilines is 1. The highest BCUT2D eigenvalue weighted by atomic mass is 19.1. The number of hydrogen-bond donors (Lipinski definition) is 2. The molecule has 24 heavy (non-hydrogen) atoms. The van der Waals surface area contributed by atoms with Gasteiger partial charge in [-0.05, 0) is 54.3 Å². The number of nitrogens with zero attached hydrogens (tertiary/aromatic N) is 1. The second kappa shape index (κ2) is 7.53. The van der Waals surface area contributed by atoms with Crippen LogP contribution in [0.5, 0.6) is 11.5 Å². The average Bonchev–Trinajstić information content (AvgIpc) is 3.04. The summed E-state index contributed by atoms with van der Waals surface area (Å²) in [4.78, 5) is 2.30. The van der Waals surface area contributed by atoms with Crippen LogP contribution in [0.2, 0.25) is 0 Å². The Balaban J connectivity index is 1.46. The van der Waals surface area contributed by atoms with E-state index in [1.807, 2.05) is 18.2 Å². The van der Waals surface area contributed by atoms with Crippen molar-refractivity contribution < 1.29 is 14.2 Å². The molecule has 2 N–H and O–H groups in total. The van der Waals surface area contributed by atoms with Crippen LogP contribution in [0.3, 0.4) is 0 Å². The molecule has 4 nitrogen and oxygen atoms in total. The second-order valence-electron chi connectivity index (χ2n) is 6.21. The average molecular weight is 330 g/mol. The van der Waals surface area contributed by atoms with Crippen molar-refractivity contribution in [3.63, 3.8) is 0 Å². The molecule has 3 rings (SSSR count). The summed E-state index contributed by atoms with van der Waals surface area (Å²) in [6.45, 7) is 3.61. The molecule has 1 heterocycles. The maximum absolute atomic E-state index is 13.0. The fourth-order valence-corrected chi connectivity index (χ4v) is 3.15. The zero-order valence-electron chi connectivity index (χ0n) is 13.8. The first kappa shape index (κ1) is 16.6. The molecular formula is C19H23FN2O2. The number of phenolic OH excluding ortho intramolecular Hbond substituents is 1. The Bertz CT molecular complexity index is 676. The zero-order chi connectivity index (χ0) is 16.9. The third kappa shape index (κ3) is 3.97. The Kier molecular flexibility index (Phi) is 5.20. The summed E-state index contributed by atoms with van der Waals surface area (Å²) >= 11 is 0. The molecular weight excluding hydrogens is 307 g/mol. The lowest BCUT2D eigenvalue weighted by Crippen LogP contribution is -2.26. The van der Waals surface area contributed by atoms with Crippen LogP contribution in [-0.2, 0) is 6.54 Å². The third-order valence-electron chi connectivity index (χ3n) is 4.48. The number of nitrogens with one attached hydrogen (secondary N) is 1. The van der Waals surface area contributed by atoms with Crippen LogP contribution in [0.15, 0.2) is 42.5 Å². The van der Waals surface area contributed by atoms with E-state index >= 15 is 0 Å². The summed E-state index contributed by atoms with van der Waals surface area (Å²) in [5, 5.41) is 13.2. The quantitative estimate of drug-likeness (QED) is 0.854. The van der Waals surface area contributed by atoms with E-state index in [4.69, 9.17) is 4.74 Å². The number of benzene rings is 2. The van der Waals surface area contributed by atoms with Crippen molar-refractivity contribution >= 4 is 5.69 Å². The van der Waals surface area contributed by atoms with Crippen molar-refractivity contribution in [1.82, 2.24) is 5.32 Å². The van der Waals surface area contributed by atoms with E-state index in [1.54, 1.807) is 19.2 Å². The predicted molar refractivity (Wildman–Crippen MR) is 93.1 cm³/mol. The van der Waals surface area contributed by atoms with Crippen molar-refractivity contribution in [2.45, 2.75) is 13.0 Å². The largest absolute Gasteiger partial charge is 0.504 e. The molecule has 1 aliphatic rings. The van der Waals surface area contributed by atoms with Gasteiger partial charge in [0.2, 0.25) is 0 Å². The lowest BCUT2D eigenvalue weighted by Gasteiger charge is -2.19. The number of hydrogen-bond acceptors (Lipinski definition) is 4. The Morgan fingerprint density at radius 2 is 2.04 bits per heavy atom. The van der Waals surface area contributed by atoms with Gasteiger partial charge in [0.05, 0.1) is 7.11 Å². The molecule has 0 saturated carbocycles. The molecule has 0 amide bonds. The first-order valence-electron chi connectivity index (χ1n) is 8.23. The number of methoxy groups -OCH3 is 1. The molecule has 0 radical (unpaired) electrons. The Morgan fingerprint density at radius 3 is 2.75 bits per heavy atom. The summed E-state index contributed by atoms with van der Waals surface area (Å²) in [6.07, 6.45) is 1.12. The second-order valence-corrected chi connectivity index (χ2v) is 6.21. The van der Waals surface area contributed by atoms with E-state index in [0.29, 0.717) is 18.2 Å². The van der Waals surface area contributed by atoms with E-state index < -0.39 is 0 Å². The number of aromatic hydroxyl groups is 1. The Hall–Kier alpha value is -2.27. The van der Waals surface area contributed by atoms with Crippen molar-refractivity contribution in [2.75, 3.05) is 31.6 Å². The molecule has 0 spiro atoms. The first-order chi connectivity index (χ1) is 11.7. The Morgan fingerprint density at radius 1 is 1.25 bits per heavy atom. The maximum Gasteiger partial charge on any atom is 0.160 e. The van der Waals surface area contributed by atoms with Gasteiger partial charge in [-0.3, -0.25) is 0 Å². The highest BCUT2D eigenvalue weighted by Gasteiger charge is 2.22. The molecule has 2 aromatic rings. The molecule has 2 aromatic carbocycles. The SMILES string of the molecule is COc1ccc(CNC[C@H]2CCN(c3ccc(F)cc3)C2)cc1O. The smallest absolute Gasteiger partial charge is 0.160 e. The molecule has 1 atom stereocenters. The minimum Gasteiger partial charge on any atom is -0.504 e. The molecule has 0 aliphatic carbocycles. The van der Waals surface area contributed by atoms with E-state index in [1.165, 1.54) is 12.1 Å². The highest BCUT2D eigenvalue weighted by Crippen LogP contribution is 2.26. The maximum atomic E-state index is 13.0. The monoisotopic (exact) mass is 330 g/mol. The molecule has 0 unspecified atom stereocenters. The minimum absolute atomic E-state index is 0.167.